The Kier molecular flexibility index (Phi) is 3.85. The summed E-state index contributed by atoms with van der Waals surface area (Å²) >= 11 is 0. The second-order valence-corrected chi connectivity index (χ2v) is 6.83. The van der Waals surface area contributed by atoms with Crippen molar-refractivity contribution in [3.05, 3.63) is 36.0 Å². The van der Waals surface area contributed by atoms with Crippen molar-refractivity contribution in [3.8, 4) is 0 Å². The molecule has 21 heavy (non-hydrogen) atoms. The summed E-state index contributed by atoms with van der Waals surface area (Å²) in [7, 11) is 1.97. The number of pyridine rings is 1. The van der Waals surface area contributed by atoms with Gasteiger partial charge in [-0.25, -0.2) is 0 Å². The Morgan fingerprint density at radius 3 is 2.62 bits per heavy atom. The van der Waals surface area contributed by atoms with Gasteiger partial charge in [0.2, 0.25) is 0 Å². The first kappa shape index (κ1) is 14.3. The van der Waals surface area contributed by atoms with Gasteiger partial charge in [-0.3, -0.25) is 4.98 Å². The van der Waals surface area contributed by atoms with Crippen molar-refractivity contribution >= 4 is 16.6 Å². The molecule has 0 aliphatic carbocycles. The molecule has 1 aliphatic heterocycles. The van der Waals surface area contributed by atoms with Crippen LogP contribution in [0.15, 0.2) is 30.3 Å². The number of fused-ring (bicyclic) bond motifs is 1. The Morgan fingerprint density at radius 1 is 1.19 bits per heavy atom. The van der Waals surface area contributed by atoms with E-state index in [1.54, 1.807) is 0 Å². The van der Waals surface area contributed by atoms with E-state index in [1.165, 1.54) is 23.9 Å². The Labute approximate surface area is 127 Å². The van der Waals surface area contributed by atoms with Crippen molar-refractivity contribution in [2.75, 3.05) is 25.0 Å². The Bertz CT molecular complexity index is 623. The molecule has 1 aromatic carbocycles. The first-order valence-corrected chi connectivity index (χ1v) is 7.87. The minimum absolute atomic E-state index is 0.479. The van der Waals surface area contributed by atoms with Crippen molar-refractivity contribution in [2.45, 2.75) is 33.2 Å². The predicted molar refractivity (Wildman–Crippen MR) is 89.7 cm³/mol. The first-order valence-electron chi connectivity index (χ1n) is 7.87. The Hall–Kier alpha value is -1.61. The van der Waals surface area contributed by atoms with Crippen LogP contribution < -0.4 is 10.2 Å². The zero-order chi connectivity index (χ0) is 14.9. The maximum absolute atomic E-state index is 4.76. The van der Waals surface area contributed by atoms with Gasteiger partial charge in [0.1, 0.15) is 0 Å². The molecule has 0 amide bonds. The summed E-state index contributed by atoms with van der Waals surface area (Å²) in [5.41, 5.74) is 4.05. The number of rotatable bonds is 3. The van der Waals surface area contributed by atoms with Crippen molar-refractivity contribution in [1.29, 1.82) is 0 Å². The van der Waals surface area contributed by atoms with Crippen molar-refractivity contribution in [2.24, 2.45) is 5.41 Å². The maximum Gasteiger partial charge on any atom is 0.0726 e. The molecular formula is C18H25N3. The molecule has 3 rings (SSSR count). The van der Waals surface area contributed by atoms with E-state index in [2.05, 4.69) is 54.4 Å². The fourth-order valence-corrected chi connectivity index (χ4v) is 3.10. The van der Waals surface area contributed by atoms with E-state index < -0.39 is 0 Å². The second-order valence-electron chi connectivity index (χ2n) is 6.83. The molecule has 0 bridgehead atoms. The van der Waals surface area contributed by atoms with Gasteiger partial charge >= 0.3 is 0 Å². The Morgan fingerprint density at radius 2 is 1.90 bits per heavy atom. The van der Waals surface area contributed by atoms with Gasteiger partial charge in [-0.1, -0.05) is 32.0 Å². The smallest absolute Gasteiger partial charge is 0.0726 e. The first-order chi connectivity index (χ1) is 10.1. The molecule has 3 heteroatoms. The molecular weight excluding hydrogens is 258 g/mol. The molecule has 0 unspecified atom stereocenters. The summed E-state index contributed by atoms with van der Waals surface area (Å²) in [6.07, 6.45) is 2.51. The molecule has 1 saturated heterocycles. The van der Waals surface area contributed by atoms with Crippen LogP contribution in [-0.2, 0) is 6.54 Å². The van der Waals surface area contributed by atoms with Crippen LogP contribution in [0.25, 0.3) is 10.9 Å². The highest BCUT2D eigenvalue weighted by Gasteiger charge is 2.26. The number of nitrogens with zero attached hydrogens (tertiary/aromatic N) is 2. The average molecular weight is 283 g/mol. The minimum atomic E-state index is 0.479. The third-order valence-electron chi connectivity index (χ3n) is 4.56. The third-order valence-corrected chi connectivity index (χ3v) is 4.56. The predicted octanol–water partition coefficient (Wildman–Crippen LogP) is 3.58. The molecule has 0 atom stereocenters. The van der Waals surface area contributed by atoms with Crippen LogP contribution in [0.3, 0.4) is 0 Å². The molecule has 1 aliphatic rings. The highest BCUT2D eigenvalue weighted by molar-refractivity contribution is 5.92. The van der Waals surface area contributed by atoms with Gasteiger partial charge in [0.25, 0.3) is 0 Å². The molecule has 112 valence electrons. The number of piperidine rings is 1. The second kappa shape index (κ2) is 5.64. The fourth-order valence-electron chi connectivity index (χ4n) is 3.10. The van der Waals surface area contributed by atoms with Gasteiger partial charge in [0.15, 0.2) is 0 Å². The molecule has 2 heterocycles. The summed E-state index contributed by atoms with van der Waals surface area (Å²) < 4.78 is 0. The SMILES string of the molecule is CNCc1cc(N2CCC(C)(C)CC2)c2ccccc2n1. The van der Waals surface area contributed by atoms with E-state index in [-0.39, 0.29) is 0 Å². The van der Waals surface area contributed by atoms with E-state index >= 15 is 0 Å². The van der Waals surface area contributed by atoms with Crippen molar-refractivity contribution < 1.29 is 0 Å². The zero-order valence-electron chi connectivity index (χ0n) is 13.3. The number of hydrogen-bond donors (Lipinski definition) is 1. The van der Waals surface area contributed by atoms with E-state index in [9.17, 15) is 0 Å². The van der Waals surface area contributed by atoms with Gasteiger partial charge in [-0.15, -0.1) is 0 Å². The van der Waals surface area contributed by atoms with E-state index in [1.807, 2.05) is 7.05 Å². The van der Waals surface area contributed by atoms with Gasteiger partial charge in [-0.05, 0) is 37.4 Å². The lowest BCUT2D eigenvalue weighted by atomic mass is 9.82. The summed E-state index contributed by atoms with van der Waals surface area (Å²) in [6.45, 7) is 7.85. The van der Waals surface area contributed by atoms with Crippen LogP contribution in [0.5, 0.6) is 0 Å². The standard InChI is InChI=1S/C18H25N3/c1-18(2)8-10-21(11-9-18)17-12-14(13-19-3)20-16-7-5-4-6-15(16)17/h4-7,12,19H,8-11,13H2,1-3H3. The minimum Gasteiger partial charge on any atom is -0.371 e. The monoisotopic (exact) mass is 283 g/mol. The van der Waals surface area contributed by atoms with Gasteiger partial charge < -0.3 is 10.2 Å². The number of aromatic nitrogens is 1. The van der Waals surface area contributed by atoms with Gasteiger partial charge in [0, 0.05) is 30.7 Å². The lowest BCUT2D eigenvalue weighted by Gasteiger charge is -2.38. The maximum atomic E-state index is 4.76. The number of nitrogens with one attached hydrogen (secondary N) is 1. The van der Waals surface area contributed by atoms with Crippen LogP contribution in [0.1, 0.15) is 32.4 Å². The molecule has 1 N–H and O–H groups in total. The normalized spacial score (nSPS) is 18.1. The number of anilines is 1. The van der Waals surface area contributed by atoms with E-state index in [0.717, 1.165) is 30.8 Å². The highest BCUT2D eigenvalue weighted by Crippen LogP contribution is 2.35. The fraction of sp³-hybridized carbons (Fsp3) is 0.500. The van der Waals surface area contributed by atoms with E-state index in [0.29, 0.717) is 5.41 Å². The van der Waals surface area contributed by atoms with Crippen LogP contribution in [0, 0.1) is 5.41 Å². The number of benzene rings is 1. The zero-order valence-corrected chi connectivity index (χ0v) is 13.3. The molecule has 2 aromatic rings. The average Bonchev–Trinajstić information content (AvgIpc) is 2.47. The van der Waals surface area contributed by atoms with Crippen LogP contribution in [-0.4, -0.2) is 25.1 Å². The molecule has 0 spiro atoms. The molecule has 1 aromatic heterocycles. The molecule has 0 saturated carbocycles. The number of hydrogen-bond acceptors (Lipinski definition) is 3. The van der Waals surface area contributed by atoms with Gasteiger partial charge in [-0.2, -0.15) is 0 Å². The third kappa shape index (κ3) is 3.03. The lowest BCUT2D eigenvalue weighted by molar-refractivity contribution is 0.280. The Balaban J connectivity index is 2.00. The summed E-state index contributed by atoms with van der Waals surface area (Å²) in [6, 6.07) is 10.8. The van der Waals surface area contributed by atoms with Crippen molar-refractivity contribution in [1.82, 2.24) is 10.3 Å². The topological polar surface area (TPSA) is 28.2 Å². The molecule has 1 fully saturated rings. The van der Waals surface area contributed by atoms with Gasteiger partial charge in [0.05, 0.1) is 11.2 Å². The largest absolute Gasteiger partial charge is 0.371 e. The van der Waals surface area contributed by atoms with Crippen LogP contribution >= 0.6 is 0 Å². The van der Waals surface area contributed by atoms with Crippen molar-refractivity contribution in [3.63, 3.8) is 0 Å². The summed E-state index contributed by atoms with van der Waals surface area (Å²) in [5, 5.41) is 4.49. The molecule has 0 radical (unpaired) electrons. The summed E-state index contributed by atoms with van der Waals surface area (Å²) in [4.78, 5) is 7.30. The quantitative estimate of drug-likeness (QED) is 0.933. The van der Waals surface area contributed by atoms with Crippen LogP contribution in [0.2, 0.25) is 0 Å². The number of para-hydroxylation sites is 1. The summed E-state index contributed by atoms with van der Waals surface area (Å²) in [5.74, 6) is 0. The van der Waals surface area contributed by atoms with E-state index in [4.69, 9.17) is 4.98 Å². The lowest BCUT2D eigenvalue weighted by Crippen LogP contribution is -2.37. The molecule has 3 nitrogen and oxygen atoms in total. The highest BCUT2D eigenvalue weighted by atomic mass is 15.1. The van der Waals surface area contributed by atoms with Crippen LogP contribution in [0.4, 0.5) is 5.69 Å².